The van der Waals surface area contributed by atoms with Gasteiger partial charge in [0.25, 0.3) is 5.91 Å². The van der Waals surface area contributed by atoms with Crippen molar-refractivity contribution in [3.8, 4) is 0 Å². The second-order valence-electron chi connectivity index (χ2n) is 6.14. The number of hydrogen-bond acceptors (Lipinski definition) is 4. The maximum absolute atomic E-state index is 12.5. The molecule has 26 heavy (non-hydrogen) atoms. The Bertz CT molecular complexity index is 942. The van der Waals surface area contributed by atoms with E-state index in [1.54, 1.807) is 30.3 Å². The van der Waals surface area contributed by atoms with Gasteiger partial charge in [0.2, 0.25) is 0 Å². The molecule has 0 aliphatic heterocycles. The van der Waals surface area contributed by atoms with Crippen LogP contribution in [-0.2, 0) is 4.74 Å². The Morgan fingerprint density at radius 2 is 1.92 bits per heavy atom. The van der Waals surface area contributed by atoms with E-state index in [0.29, 0.717) is 23.4 Å². The summed E-state index contributed by atoms with van der Waals surface area (Å²) in [7, 11) is 0. The summed E-state index contributed by atoms with van der Waals surface area (Å²) < 4.78 is 10.9. The monoisotopic (exact) mass is 351 g/mol. The minimum atomic E-state index is -0.449. The summed E-state index contributed by atoms with van der Waals surface area (Å²) in [5, 5.41) is 3.59. The molecule has 5 heteroatoms. The van der Waals surface area contributed by atoms with E-state index in [1.807, 2.05) is 32.0 Å². The topological polar surface area (TPSA) is 68.5 Å². The highest BCUT2D eigenvalue weighted by Gasteiger charge is 2.17. The van der Waals surface area contributed by atoms with Gasteiger partial charge in [-0.25, -0.2) is 4.79 Å². The summed E-state index contributed by atoms with van der Waals surface area (Å²) in [4.78, 5) is 24.8. The number of ether oxygens (including phenoxy) is 1. The lowest BCUT2D eigenvalue weighted by Gasteiger charge is -2.10. The van der Waals surface area contributed by atoms with Crippen LogP contribution >= 0.6 is 0 Å². The Morgan fingerprint density at radius 3 is 2.73 bits per heavy atom. The largest absolute Gasteiger partial charge is 0.462 e. The van der Waals surface area contributed by atoms with Gasteiger partial charge in [0.15, 0.2) is 5.76 Å². The maximum atomic E-state index is 12.5. The van der Waals surface area contributed by atoms with Gasteiger partial charge in [-0.1, -0.05) is 37.6 Å². The van der Waals surface area contributed by atoms with Crippen LogP contribution in [0.3, 0.4) is 0 Å². The average molecular weight is 351 g/mol. The van der Waals surface area contributed by atoms with Crippen LogP contribution in [0.15, 0.2) is 52.9 Å². The van der Waals surface area contributed by atoms with Crippen LogP contribution in [0.1, 0.15) is 46.2 Å². The van der Waals surface area contributed by atoms with Crippen molar-refractivity contribution in [3.05, 3.63) is 65.4 Å². The molecule has 1 N–H and O–H groups in total. The number of hydrogen-bond donors (Lipinski definition) is 1. The summed E-state index contributed by atoms with van der Waals surface area (Å²) >= 11 is 0. The molecule has 0 aliphatic rings. The predicted molar refractivity (Wildman–Crippen MR) is 101 cm³/mol. The summed E-state index contributed by atoms with van der Waals surface area (Å²) in [6.45, 7) is 4.35. The van der Waals surface area contributed by atoms with Gasteiger partial charge in [-0.2, -0.15) is 0 Å². The van der Waals surface area contributed by atoms with Crippen LogP contribution < -0.4 is 5.32 Å². The Balaban J connectivity index is 1.79. The fourth-order valence-corrected chi connectivity index (χ4v) is 2.59. The number of amides is 1. The van der Waals surface area contributed by atoms with Crippen LogP contribution in [-0.4, -0.2) is 18.5 Å². The molecule has 0 spiro atoms. The molecule has 3 aromatic rings. The van der Waals surface area contributed by atoms with Crippen molar-refractivity contribution in [2.75, 3.05) is 11.9 Å². The Hall–Kier alpha value is -3.08. The van der Waals surface area contributed by atoms with Crippen LogP contribution in [0.25, 0.3) is 11.0 Å². The molecule has 0 atom stereocenters. The quantitative estimate of drug-likeness (QED) is 0.504. The van der Waals surface area contributed by atoms with Gasteiger partial charge in [0.05, 0.1) is 17.9 Å². The molecule has 0 aliphatic carbocycles. The molecule has 0 radical (unpaired) electrons. The lowest BCUT2D eigenvalue weighted by atomic mass is 10.1. The van der Waals surface area contributed by atoms with Crippen molar-refractivity contribution in [3.63, 3.8) is 0 Å². The number of carbonyl (C=O) groups is 2. The lowest BCUT2D eigenvalue weighted by molar-refractivity contribution is 0.0501. The van der Waals surface area contributed by atoms with E-state index in [-0.39, 0.29) is 5.76 Å². The van der Waals surface area contributed by atoms with E-state index in [9.17, 15) is 9.59 Å². The smallest absolute Gasteiger partial charge is 0.340 e. The third-order valence-corrected chi connectivity index (χ3v) is 4.03. The molecule has 0 unspecified atom stereocenters. The van der Waals surface area contributed by atoms with Crippen LogP contribution in [0, 0.1) is 6.92 Å². The van der Waals surface area contributed by atoms with Crippen LogP contribution in [0.4, 0.5) is 5.69 Å². The number of nitrogens with one attached hydrogen (secondary N) is 1. The molecule has 2 aromatic carbocycles. The van der Waals surface area contributed by atoms with Crippen molar-refractivity contribution >= 4 is 28.5 Å². The average Bonchev–Trinajstić information content (AvgIpc) is 3.05. The third-order valence-electron chi connectivity index (χ3n) is 4.03. The second-order valence-corrected chi connectivity index (χ2v) is 6.14. The molecule has 5 nitrogen and oxygen atoms in total. The van der Waals surface area contributed by atoms with Crippen molar-refractivity contribution in [2.45, 2.75) is 26.7 Å². The standard InChI is InChI=1S/C21H21NO4/c1-3-4-11-25-21(24)16-7-5-6-8-17(16)22-20(23)19-13-15-10-9-14(2)12-18(15)26-19/h5-10,12-13H,3-4,11H2,1-2H3,(H,22,23). The fraction of sp³-hybridized carbons (Fsp3) is 0.238. The molecule has 134 valence electrons. The van der Waals surface area contributed by atoms with E-state index < -0.39 is 11.9 Å². The zero-order valence-electron chi connectivity index (χ0n) is 14.9. The van der Waals surface area contributed by atoms with E-state index >= 15 is 0 Å². The van der Waals surface area contributed by atoms with Gasteiger partial charge in [-0.05, 0) is 43.2 Å². The SMILES string of the molecule is CCCCOC(=O)c1ccccc1NC(=O)c1cc2ccc(C)cc2o1. The number of rotatable bonds is 6. The highest BCUT2D eigenvalue weighted by atomic mass is 16.5. The molecule has 3 rings (SSSR count). The zero-order valence-corrected chi connectivity index (χ0v) is 14.9. The van der Waals surface area contributed by atoms with E-state index in [2.05, 4.69) is 5.32 Å². The molecule has 0 bridgehead atoms. The van der Waals surface area contributed by atoms with Gasteiger partial charge in [0.1, 0.15) is 5.58 Å². The number of para-hydroxylation sites is 1. The number of benzene rings is 2. The first-order chi connectivity index (χ1) is 12.6. The van der Waals surface area contributed by atoms with Gasteiger partial charge in [-0.15, -0.1) is 0 Å². The molecule has 1 heterocycles. The Kier molecular flexibility index (Phi) is 5.37. The molecule has 0 fully saturated rings. The molecular formula is C21H21NO4. The molecule has 0 saturated heterocycles. The predicted octanol–water partition coefficient (Wildman–Crippen LogP) is 4.95. The molecular weight excluding hydrogens is 330 g/mol. The van der Waals surface area contributed by atoms with Gasteiger partial charge in [-0.3, -0.25) is 4.79 Å². The number of aryl methyl sites for hydroxylation is 1. The first-order valence-corrected chi connectivity index (χ1v) is 8.66. The highest BCUT2D eigenvalue weighted by Crippen LogP contribution is 2.23. The van der Waals surface area contributed by atoms with Crippen molar-refractivity contribution in [1.82, 2.24) is 0 Å². The third kappa shape index (κ3) is 3.94. The molecule has 1 amide bonds. The van der Waals surface area contributed by atoms with E-state index in [0.717, 1.165) is 23.8 Å². The first-order valence-electron chi connectivity index (χ1n) is 8.66. The normalized spacial score (nSPS) is 10.7. The number of unbranched alkanes of at least 4 members (excludes halogenated alkanes) is 1. The van der Waals surface area contributed by atoms with Gasteiger partial charge in [0, 0.05) is 5.39 Å². The molecule has 1 aromatic heterocycles. The van der Waals surface area contributed by atoms with Crippen LogP contribution in [0.2, 0.25) is 0 Å². The van der Waals surface area contributed by atoms with Gasteiger partial charge < -0.3 is 14.5 Å². The maximum Gasteiger partial charge on any atom is 0.340 e. The highest BCUT2D eigenvalue weighted by molar-refractivity contribution is 6.08. The number of anilines is 1. The number of carbonyl (C=O) groups excluding carboxylic acids is 2. The summed E-state index contributed by atoms with van der Waals surface area (Å²) in [5.74, 6) is -0.665. The lowest BCUT2D eigenvalue weighted by Crippen LogP contribution is -2.15. The summed E-state index contributed by atoms with van der Waals surface area (Å²) in [6.07, 6.45) is 1.75. The second kappa shape index (κ2) is 7.87. The number of fused-ring (bicyclic) bond motifs is 1. The van der Waals surface area contributed by atoms with E-state index in [1.165, 1.54) is 0 Å². The van der Waals surface area contributed by atoms with Crippen LogP contribution in [0.5, 0.6) is 0 Å². The number of esters is 1. The zero-order chi connectivity index (χ0) is 18.5. The number of furan rings is 1. The van der Waals surface area contributed by atoms with Crippen molar-refractivity contribution < 1.29 is 18.7 Å². The fourth-order valence-electron chi connectivity index (χ4n) is 2.59. The minimum Gasteiger partial charge on any atom is -0.462 e. The summed E-state index contributed by atoms with van der Waals surface area (Å²) in [5.41, 5.74) is 2.43. The molecule has 0 saturated carbocycles. The Labute approximate surface area is 152 Å². The Morgan fingerprint density at radius 1 is 1.12 bits per heavy atom. The van der Waals surface area contributed by atoms with Gasteiger partial charge >= 0.3 is 5.97 Å². The summed E-state index contributed by atoms with van der Waals surface area (Å²) in [6, 6.07) is 14.2. The van der Waals surface area contributed by atoms with Crippen molar-refractivity contribution in [2.24, 2.45) is 0 Å². The van der Waals surface area contributed by atoms with Crippen molar-refractivity contribution in [1.29, 1.82) is 0 Å². The van der Waals surface area contributed by atoms with E-state index in [4.69, 9.17) is 9.15 Å². The first kappa shape index (κ1) is 17.7. The minimum absolute atomic E-state index is 0.194.